The highest BCUT2D eigenvalue weighted by atomic mass is 16.3. The molecular weight excluding hydrogens is 386 g/mol. The van der Waals surface area contributed by atoms with Crippen molar-refractivity contribution < 1.29 is 9.90 Å². The van der Waals surface area contributed by atoms with E-state index in [-0.39, 0.29) is 11.8 Å². The maximum Gasteiger partial charge on any atom is 0.257 e. The number of carbonyl (C=O) groups excluding carboxylic acids is 1. The van der Waals surface area contributed by atoms with Crippen molar-refractivity contribution in [2.75, 3.05) is 19.8 Å². The van der Waals surface area contributed by atoms with Gasteiger partial charge in [-0.25, -0.2) is 0 Å². The van der Waals surface area contributed by atoms with Crippen molar-refractivity contribution in [3.05, 3.63) is 71.8 Å². The highest BCUT2D eigenvalue weighted by Crippen LogP contribution is 2.46. The lowest BCUT2D eigenvalue weighted by atomic mass is 9.79. The van der Waals surface area contributed by atoms with Crippen molar-refractivity contribution in [3.63, 3.8) is 0 Å². The molecule has 1 saturated heterocycles. The van der Waals surface area contributed by atoms with Crippen LogP contribution in [0.2, 0.25) is 0 Å². The first kappa shape index (κ1) is 20.7. The fourth-order valence-corrected chi connectivity index (χ4v) is 5.86. The minimum absolute atomic E-state index is 0.0123. The topological polar surface area (TPSA) is 64.6 Å². The van der Waals surface area contributed by atoms with E-state index < -0.39 is 5.60 Å². The third kappa shape index (κ3) is 4.14. The monoisotopic (exact) mass is 419 g/mol. The van der Waals surface area contributed by atoms with E-state index in [0.29, 0.717) is 30.1 Å². The van der Waals surface area contributed by atoms with Crippen LogP contribution in [0, 0.1) is 17.8 Å². The molecule has 164 valence electrons. The average Bonchev–Trinajstić information content (AvgIpc) is 3.20. The largest absolute Gasteiger partial charge is 0.375 e. The molecule has 0 spiro atoms. The molecule has 0 bridgehead atoms. The van der Waals surface area contributed by atoms with Gasteiger partial charge < -0.3 is 10.4 Å². The number of likely N-dealkylation sites (tertiary alicyclic amines) is 1. The molecule has 3 aliphatic rings. The van der Waals surface area contributed by atoms with Gasteiger partial charge in [0.25, 0.3) is 5.91 Å². The summed E-state index contributed by atoms with van der Waals surface area (Å²) in [6.07, 6.45) is 3.96. The molecule has 2 aromatic carbocycles. The zero-order valence-corrected chi connectivity index (χ0v) is 18.0. The summed E-state index contributed by atoms with van der Waals surface area (Å²) in [5.41, 5.74) is 0.637. The van der Waals surface area contributed by atoms with Gasteiger partial charge in [0.1, 0.15) is 0 Å². The van der Waals surface area contributed by atoms with Gasteiger partial charge in [0, 0.05) is 31.6 Å². The number of hydrogen-bond acceptors (Lipinski definition) is 4. The van der Waals surface area contributed by atoms with Crippen LogP contribution in [-0.4, -0.2) is 41.7 Å². The number of benzene rings is 2. The summed E-state index contributed by atoms with van der Waals surface area (Å²) in [5, 5.41) is 18.0. The minimum atomic E-state index is -1.44. The van der Waals surface area contributed by atoms with E-state index in [1.807, 2.05) is 30.3 Å². The van der Waals surface area contributed by atoms with Crippen LogP contribution in [0.4, 0.5) is 0 Å². The van der Waals surface area contributed by atoms with Gasteiger partial charge >= 0.3 is 0 Å². The smallest absolute Gasteiger partial charge is 0.257 e. The van der Waals surface area contributed by atoms with Crippen LogP contribution in [0.1, 0.15) is 36.8 Å². The van der Waals surface area contributed by atoms with Crippen LogP contribution in [-0.2, 0) is 16.9 Å². The molecule has 5 heteroatoms. The van der Waals surface area contributed by atoms with Gasteiger partial charge in [-0.3, -0.25) is 15.0 Å². The molecule has 3 N–H and O–H groups in total. The lowest BCUT2D eigenvalue weighted by molar-refractivity contribution is -0.147. The number of fused-ring (bicyclic) bond motifs is 1. The standard InChI is InChI=1S/C26H33N3O2/c30-25(26(31,21-13-7-8-14-21)20-11-5-2-6-12-20)28-18-27-24-22-16-29(17-23(22)24)15-19-9-3-1-4-10-19/h1-6,9-12,21-24,27,31H,7-8,13-18H2,(H,28,30)/t22-,23+,24?,26?. The van der Waals surface area contributed by atoms with Crippen molar-refractivity contribution >= 4 is 5.91 Å². The van der Waals surface area contributed by atoms with Gasteiger partial charge in [0.15, 0.2) is 5.60 Å². The Bertz CT molecular complexity index is 872. The molecule has 2 unspecified atom stereocenters. The molecule has 2 saturated carbocycles. The lowest BCUT2D eigenvalue weighted by Gasteiger charge is -2.33. The first-order valence-electron chi connectivity index (χ1n) is 11.7. The zero-order chi connectivity index (χ0) is 21.3. The van der Waals surface area contributed by atoms with E-state index in [2.05, 4.69) is 45.9 Å². The molecular formula is C26H33N3O2. The van der Waals surface area contributed by atoms with Crippen molar-refractivity contribution in [1.29, 1.82) is 0 Å². The maximum absolute atomic E-state index is 13.1. The third-order valence-electron chi connectivity index (χ3n) is 7.61. The Morgan fingerprint density at radius 3 is 2.23 bits per heavy atom. The van der Waals surface area contributed by atoms with E-state index in [4.69, 9.17) is 0 Å². The van der Waals surface area contributed by atoms with Crippen LogP contribution in [0.25, 0.3) is 0 Å². The van der Waals surface area contributed by atoms with Crippen LogP contribution >= 0.6 is 0 Å². The Kier molecular flexibility index (Phi) is 5.83. The predicted molar refractivity (Wildman–Crippen MR) is 121 cm³/mol. The number of nitrogens with zero attached hydrogens (tertiary/aromatic N) is 1. The van der Waals surface area contributed by atoms with Crippen molar-refractivity contribution in [2.45, 2.75) is 43.9 Å². The Hall–Kier alpha value is -2.21. The summed E-state index contributed by atoms with van der Waals surface area (Å²) >= 11 is 0. The van der Waals surface area contributed by atoms with Crippen molar-refractivity contribution in [2.24, 2.45) is 17.8 Å². The Labute approximate surface area is 184 Å². The molecule has 1 heterocycles. The molecule has 31 heavy (non-hydrogen) atoms. The molecule has 1 aliphatic heterocycles. The molecule has 0 aromatic heterocycles. The molecule has 5 rings (SSSR count). The minimum Gasteiger partial charge on any atom is -0.375 e. The number of carbonyl (C=O) groups is 1. The van der Waals surface area contributed by atoms with Crippen molar-refractivity contribution in [1.82, 2.24) is 15.5 Å². The fourth-order valence-electron chi connectivity index (χ4n) is 5.86. The Morgan fingerprint density at radius 2 is 1.58 bits per heavy atom. The number of aliphatic hydroxyl groups is 1. The van der Waals surface area contributed by atoms with E-state index in [9.17, 15) is 9.90 Å². The first-order chi connectivity index (χ1) is 15.2. The number of rotatable bonds is 8. The van der Waals surface area contributed by atoms with E-state index in [1.165, 1.54) is 5.56 Å². The number of nitrogens with one attached hydrogen (secondary N) is 2. The second-order valence-electron chi connectivity index (χ2n) is 9.53. The Morgan fingerprint density at radius 1 is 0.968 bits per heavy atom. The van der Waals surface area contributed by atoms with E-state index >= 15 is 0 Å². The molecule has 3 fully saturated rings. The average molecular weight is 420 g/mol. The lowest BCUT2D eigenvalue weighted by Crippen LogP contribution is -2.51. The van der Waals surface area contributed by atoms with Gasteiger partial charge in [0.2, 0.25) is 0 Å². The summed E-state index contributed by atoms with van der Waals surface area (Å²) in [7, 11) is 0. The van der Waals surface area contributed by atoms with E-state index in [1.54, 1.807) is 0 Å². The highest BCUT2D eigenvalue weighted by Gasteiger charge is 2.55. The van der Waals surface area contributed by atoms with Gasteiger partial charge in [-0.05, 0) is 35.8 Å². The zero-order valence-electron chi connectivity index (χ0n) is 18.0. The maximum atomic E-state index is 13.1. The second kappa shape index (κ2) is 8.73. The third-order valence-corrected chi connectivity index (χ3v) is 7.61. The normalized spacial score (nSPS) is 27.6. The molecule has 5 nitrogen and oxygen atoms in total. The van der Waals surface area contributed by atoms with Crippen LogP contribution in [0.15, 0.2) is 60.7 Å². The summed E-state index contributed by atoms with van der Waals surface area (Å²) in [6, 6.07) is 20.6. The van der Waals surface area contributed by atoms with Gasteiger partial charge in [0.05, 0.1) is 6.67 Å². The summed E-state index contributed by atoms with van der Waals surface area (Å²) < 4.78 is 0. The second-order valence-corrected chi connectivity index (χ2v) is 9.53. The van der Waals surface area contributed by atoms with Crippen LogP contribution < -0.4 is 10.6 Å². The SMILES string of the molecule is O=C(NCNC1[C@H]2CN(Cc3ccccc3)C[C@@H]12)C(O)(c1ccccc1)C1CCCC1. The van der Waals surface area contributed by atoms with Gasteiger partial charge in [-0.1, -0.05) is 73.5 Å². The van der Waals surface area contributed by atoms with Crippen LogP contribution in [0.5, 0.6) is 0 Å². The molecule has 1 amide bonds. The highest BCUT2D eigenvalue weighted by molar-refractivity contribution is 5.86. The molecule has 4 atom stereocenters. The quantitative estimate of drug-likeness (QED) is 0.576. The van der Waals surface area contributed by atoms with Crippen molar-refractivity contribution in [3.8, 4) is 0 Å². The predicted octanol–water partition coefficient (Wildman–Crippen LogP) is 2.86. The summed E-state index contributed by atoms with van der Waals surface area (Å²) in [4.78, 5) is 15.7. The first-order valence-corrected chi connectivity index (χ1v) is 11.7. The number of hydrogen-bond donors (Lipinski definition) is 3. The van der Waals surface area contributed by atoms with Gasteiger partial charge in [-0.15, -0.1) is 0 Å². The number of amides is 1. The summed E-state index contributed by atoms with van der Waals surface area (Å²) in [5.74, 6) is 1.06. The molecule has 0 radical (unpaired) electrons. The molecule has 2 aliphatic carbocycles. The fraction of sp³-hybridized carbons (Fsp3) is 0.500. The van der Waals surface area contributed by atoms with Gasteiger partial charge in [-0.2, -0.15) is 0 Å². The number of piperidine rings is 1. The van der Waals surface area contributed by atoms with Crippen LogP contribution in [0.3, 0.4) is 0 Å². The van der Waals surface area contributed by atoms with E-state index in [0.717, 1.165) is 45.3 Å². The molecule has 2 aromatic rings. The summed E-state index contributed by atoms with van der Waals surface area (Å²) in [6.45, 7) is 3.66. The Balaban J connectivity index is 1.12.